The third kappa shape index (κ3) is 4.49. The minimum atomic E-state index is 0.277. The zero-order chi connectivity index (χ0) is 11.3. The summed E-state index contributed by atoms with van der Waals surface area (Å²) in [4.78, 5) is 4.84. The molecule has 3 heteroatoms. The predicted octanol–water partition coefficient (Wildman–Crippen LogP) is 1.03. The van der Waals surface area contributed by atoms with Gasteiger partial charge in [0, 0.05) is 19.1 Å². The molecule has 1 aliphatic heterocycles. The number of hydrogen-bond donors (Lipinski definition) is 1. The van der Waals surface area contributed by atoms with Crippen LogP contribution in [0.3, 0.4) is 0 Å². The lowest BCUT2D eigenvalue weighted by Crippen LogP contribution is -2.36. The Balaban J connectivity index is 2.20. The molecule has 0 saturated carbocycles. The predicted molar refractivity (Wildman–Crippen MR) is 64.0 cm³/mol. The van der Waals surface area contributed by atoms with Gasteiger partial charge in [-0.05, 0) is 38.9 Å². The summed E-state index contributed by atoms with van der Waals surface area (Å²) in [5.74, 6) is 0.805. The lowest BCUT2D eigenvalue weighted by Gasteiger charge is -2.24. The van der Waals surface area contributed by atoms with Crippen molar-refractivity contribution < 1.29 is 5.11 Å². The van der Waals surface area contributed by atoms with Crippen molar-refractivity contribution in [2.75, 3.05) is 39.8 Å². The first-order valence-electron chi connectivity index (χ1n) is 6.17. The molecule has 90 valence electrons. The maximum Gasteiger partial charge on any atom is 0.0558 e. The van der Waals surface area contributed by atoms with Gasteiger partial charge in [-0.1, -0.05) is 13.8 Å². The SMILES string of the molecule is CC(C)CCN1CCC(N(C)CCO)C1. The fourth-order valence-corrected chi connectivity index (χ4v) is 2.16. The summed E-state index contributed by atoms with van der Waals surface area (Å²) in [5, 5.41) is 8.88. The fourth-order valence-electron chi connectivity index (χ4n) is 2.16. The first-order chi connectivity index (χ1) is 7.13. The number of hydrogen-bond acceptors (Lipinski definition) is 3. The average Bonchev–Trinajstić information content (AvgIpc) is 2.63. The third-order valence-electron chi connectivity index (χ3n) is 3.35. The van der Waals surface area contributed by atoms with Gasteiger partial charge < -0.3 is 10.0 Å². The van der Waals surface area contributed by atoms with E-state index in [1.54, 1.807) is 0 Å². The van der Waals surface area contributed by atoms with E-state index < -0.39 is 0 Å². The normalized spacial score (nSPS) is 23.2. The van der Waals surface area contributed by atoms with E-state index in [1.807, 2.05) is 0 Å². The largest absolute Gasteiger partial charge is 0.395 e. The Labute approximate surface area is 94.1 Å². The molecule has 1 atom stereocenters. The molecule has 0 bridgehead atoms. The van der Waals surface area contributed by atoms with Crippen LogP contribution < -0.4 is 0 Å². The molecule has 3 nitrogen and oxygen atoms in total. The van der Waals surface area contributed by atoms with Crippen LogP contribution in [0.1, 0.15) is 26.7 Å². The van der Waals surface area contributed by atoms with Crippen LogP contribution in [0.2, 0.25) is 0 Å². The molecule has 1 heterocycles. The highest BCUT2D eigenvalue weighted by atomic mass is 16.3. The van der Waals surface area contributed by atoms with Crippen LogP contribution in [0.25, 0.3) is 0 Å². The average molecular weight is 214 g/mol. The van der Waals surface area contributed by atoms with Crippen molar-refractivity contribution in [2.45, 2.75) is 32.7 Å². The van der Waals surface area contributed by atoms with Gasteiger partial charge in [0.2, 0.25) is 0 Å². The van der Waals surface area contributed by atoms with Gasteiger partial charge >= 0.3 is 0 Å². The molecule has 0 radical (unpaired) electrons. The smallest absolute Gasteiger partial charge is 0.0558 e. The maximum absolute atomic E-state index is 8.88. The molecule has 0 aromatic rings. The molecule has 0 spiro atoms. The maximum atomic E-state index is 8.88. The number of likely N-dealkylation sites (tertiary alicyclic amines) is 1. The molecule has 15 heavy (non-hydrogen) atoms. The van der Waals surface area contributed by atoms with Crippen LogP contribution >= 0.6 is 0 Å². The topological polar surface area (TPSA) is 26.7 Å². The number of nitrogens with zero attached hydrogens (tertiary/aromatic N) is 2. The van der Waals surface area contributed by atoms with Crippen molar-refractivity contribution in [1.29, 1.82) is 0 Å². The van der Waals surface area contributed by atoms with E-state index in [1.165, 1.54) is 32.5 Å². The molecule has 1 saturated heterocycles. The van der Waals surface area contributed by atoms with E-state index in [9.17, 15) is 0 Å². The third-order valence-corrected chi connectivity index (χ3v) is 3.35. The van der Waals surface area contributed by atoms with E-state index in [2.05, 4.69) is 30.7 Å². The summed E-state index contributed by atoms with van der Waals surface area (Å²) >= 11 is 0. The van der Waals surface area contributed by atoms with Gasteiger partial charge in [0.15, 0.2) is 0 Å². The fraction of sp³-hybridized carbons (Fsp3) is 1.00. The molecule has 0 aromatic carbocycles. The second-order valence-electron chi connectivity index (χ2n) is 5.13. The van der Waals surface area contributed by atoms with E-state index in [4.69, 9.17) is 5.11 Å². The molecule has 0 amide bonds. The zero-order valence-corrected chi connectivity index (χ0v) is 10.4. The Hall–Kier alpha value is -0.120. The molecule has 0 aliphatic carbocycles. The van der Waals surface area contributed by atoms with Crippen LogP contribution in [0.4, 0.5) is 0 Å². The number of likely N-dealkylation sites (N-methyl/N-ethyl adjacent to an activating group) is 1. The molecular weight excluding hydrogens is 188 g/mol. The second kappa shape index (κ2) is 6.46. The van der Waals surface area contributed by atoms with Gasteiger partial charge in [-0.2, -0.15) is 0 Å². The highest BCUT2D eigenvalue weighted by Crippen LogP contribution is 2.15. The summed E-state index contributed by atoms with van der Waals surface area (Å²) in [6.07, 6.45) is 2.56. The van der Waals surface area contributed by atoms with Gasteiger partial charge in [-0.3, -0.25) is 4.90 Å². The molecule has 1 unspecified atom stereocenters. The summed E-state index contributed by atoms with van der Waals surface area (Å²) in [5.41, 5.74) is 0. The highest BCUT2D eigenvalue weighted by Gasteiger charge is 2.24. The molecule has 1 N–H and O–H groups in total. The van der Waals surface area contributed by atoms with Crippen LogP contribution in [-0.2, 0) is 0 Å². The van der Waals surface area contributed by atoms with Crippen molar-refractivity contribution in [2.24, 2.45) is 5.92 Å². The molecule has 1 rings (SSSR count). The zero-order valence-electron chi connectivity index (χ0n) is 10.4. The van der Waals surface area contributed by atoms with Crippen molar-refractivity contribution >= 4 is 0 Å². The first kappa shape index (κ1) is 12.9. The summed E-state index contributed by atoms with van der Waals surface area (Å²) in [7, 11) is 2.12. The van der Waals surface area contributed by atoms with E-state index in [0.29, 0.717) is 6.04 Å². The van der Waals surface area contributed by atoms with Crippen LogP contribution in [0.15, 0.2) is 0 Å². The van der Waals surface area contributed by atoms with E-state index in [0.717, 1.165) is 12.5 Å². The Bertz CT molecular complexity index is 173. The minimum Gasteiger partial charge on any atom is -0.395 e. The van der Waals surface area contributed by atoms with Crippen molar-refractivity contribution in [1.82, 2.24) is 9.80 Å². The summed E-state index contributed by atoms with van der Waals surface area (Å²) in [6, 6.07) is 0.657. The van der Waals surface area contributed by atoms with Gasteiger partial charge in [0.1, 0.15) is 0 Å². The standard InChI is InChI=1S/C12H26N2O/c1-11(2)4-6-14-7-5-12(10-14)13(3)8-9-15/h11-12,15H,4-10H2,1-3H3. The van der Waals surface area contributed by atoms with Crippen LogP contribution in [-0.4, -0.2) is 60.8 Å². The Kier molecular flexibility index (Phi) is 5.58. The number of aliphatic hydroxyl groups is 1. The van der Waals surface area contributed by atoms with Crippen LogP contribution in [0.5, 0.6) is 0 Å². The summed E-state index contributed by atoms with van der Waals surface area (Å²) in [6.45, 7) is 9.30. The Morgan fingerprint density at radius 1 is 1.47 bits per heavy atom. The number of aliphatic hydroxyl groups excluding tert-OH is 1. The summed E-state index contributed by atoms with van der Waals surface area (Å²) < 4.78 is 0. The van der Waals surface area contributed by atoms with Crippen molar-refractivity contribution in [3.05, 3.63) is 0 Å². The van der Waals surface area contributed by atoms with Gasteiger partial charge in [0.05, 0.1) is 6.61 Å². The van der Waals surface area contributed by atoms with E-state index >= 15 is 0 Å². The first-order valence-corrected chi connectivity index (χ1v) is 6.17. The quantitative estimate of drug-likeness (QED) is 0.715. The molecule has 1 aliphatic rings. The Morgan fingerprint density at radius 2 is 2.20 bits per heavy atom. The Morgan fingerprint density at radius 3 is 2.80 bits per heavy atom. The minimum absolute atomic E-state index is 0.277. The molecule has 1 fully saturated rings. The number of rotatable bonds is 6. The second-order valence-corrected chi connectivity index (χ2v) is 5.13. The molecule has 0 aromatic heterocycles. The van der Waals surface area contributed by atoms with Gasteiger partial charge in [-0.25, -0.2) is 0 Å². The lowest BCUT2D eigenvalue weighted by atomic mass is 10.1. The lowest BCUT2D eigenvalue weighted by molar-refractivity contribution is 0.177. The van der Waals surface area contributed by atoms with Crippen molar-refractivity contribution in [3.8, 4) is 0 Å². The van der Waals surface area contributed by atoms with Gasteiger partial charge in [0.25, 0.3) is 0 Å². The highest BCUT2D eigenvalue weighted by molar-refractivity contribution is 4.81. The van der Waals surface area contributed by atoms with Gasteiger partial charge in [-0.15, -0.1) is 0 Å². The van der Waals surface area contributed by atoms with Crippen LogP contribution in [0, 0.1) is 5.92 Å². The monoisotopic (exact) mass is 214 g/mol. The van der Waals surface area contributed by atoms with E-state index in [-0.39, 0.29) is 6.61 Å². The molecular formula is C12H26N2O. The van der Waals surface area contributed by atoms with Crippen molar-refractivity contribution in [3.63, 3.8) is 0 Å².